The number of nitrogens with zero attached hydrogens (tertiary/aromatic N) is 1. The predicted molar refractivity (Wildman–Crippen MR) is 83.2 cm³/mol. The molecule has 2 unspecified atom stereocenters. The maximum atomic E-state index is 12.1. The summed E-state index contributed by atoms with van der Waals surface area (Å²) in [7, 11) is 0. The van der Waals surface area contributed by atoms with E-state index in [1.54, 1.807) is 4.90 Å². The van der Waals surface area contributed by atoms with Gasteiger partial charge in [-0.25, -0.2) is 4.79 Å². The molecule has 2 atom stereocenters. The van der Waals surface area contributed by atoms with Gasteiger partial charge < -0.3 is 24.4 Å². The van der Waals surface area contributed by atoms with Gasteiger partial charge in [0.05, 0.1) is 18.8 Å². The summed E-state index contributed by atoms with van der Waals surface area (Å²) in [6.45, 7) is 7.69. The second kappa shape index (κ2) is 7.89. The van der Waals surface area contributed by atoms with Crippen LogP contribution in [0.25, 0.3) is 0 Å². The quantitative estimate of drug-likeness (QED) is 0.848. The normalized spacial score (nSPS) is 21.3. The van der Waals surface area contributed by atoms with Crippen molar-refractivity contribution >= 4 is 6.03 Å². The van der Waals surface area contributed by atoms with E-state index in [1.165, 1.54) is 0 Å². The molecule has 6 heteroatoms. The van der Waals surface area contributed by atoms with Gasteiger partial charge in [-0.3, -0.25) is 0 Å². The largest absolute Gasteiger partial charge is 0.490 e. The number of amides is 2. The molecule has 122 valence electrons. The number of urea groups is 1. The zero-order chi connectivity index (χ0) is 15.9. The first kappa shape index (κ1) is 16.4. The molecule has 1 aromatic rings. The van der Waals surface area contributed by atoms with E-state index in [-0.39, 0.29) is 25.0 Å². The lowest BCUT2D eigenvalue weighted by atomic mass is 10.2. The highest BCUT2D eigenvalue weighted by Gasteiger charge is 2.25. The Morgan fingerprint density at radius 1 is 1.23 bits per heavy atom. The second-order valence-corrected chi connectivity index (χ2v) is 5.31. The van der Waals surface area contributed by atoms with Crippen LogP contribution in [0.2, 0.25) is 0 Å². The van der Waals surface area contributed by atoms with Crippen LogP contribution >= 0.6 is 0 Å². The molecule has 1 N–H and O–H groups in total. The Labute approximate surface area is 131 Å². The molecular weight excluding hydrogens is 284 g/mol. The molecule has 1 fully saturated rings. The minimum absolute atomic E-state index is 0.0501. The SMILES string of the molecule is CCOc1ccccc1OCNC(=O)N1CC(C)OC(C)C1. The lowest BCUT2D eigenvalue weighted by molar-refractivity contribution is -0.0548. The van der Waals surface area contributed by atoms with E-state index < -0.39 is 0 Å². The maximum Gasteiger partial charge on any atom is 0.320 e. The van der Waals surface area contributed by atoms with E-state index in [0.29, 0.717) is 31.2 Å². The summed E-state index contributed by atoms with van der Waals surface area (Å²) < 4.78 is 16.7. The fourth-order valence-electron chi connectivity index (χ4n) is 2.48. The first-order valence-electron chi connectivity index (χ1n) is 7.63. The van der Waals surface area contributed by atoms with Crippen molar-refractivity contribution in [3.8, 4) is 11.5 Å². The van der Waals surface area contributed by atoms with Crippen LogP contribution in [0, 0.1) is 0 Å². The highest BCUT2D eigenvalue weighted by Crippen LogP contribution is 2.25. The molecule has 0 saturated carbocycles. The number of benzene rings is 1. The Morgan fingerprint density at radius 3 is 2.41 bits per heavy atom. The van der Waals surface area contributed by atoms with E-state index >= 15 is 0 Å². The molecule has 0 aromatic heterocycles. The van der Waals surface area contributed by atoms with Gasteiger partial charge in [-0.15, -0.1) is 0 Å². The van der Waals surface area contributed by atoms with Gasteiger partial charge in [0.1, 0.15) is 0 Å². The second-order valence-electron chi connectivity index (χ2n) is 5.31. The Hall–Kier alpha value is -1.95. The monoisotopic (exact) mass is 308 g/mol. The molecule has 6 nitrogen and oxygen atoms in total. The van der Waals surface area contributed by atoms with Crippen LogP contribution in [-0.2, 0) is 4.74 Å². The van der Waals surface area contributed by atoms with Gasteiger partial charge in [0.25, 0.3) is 0 Å². The number of hydrogen-bond acceptors (Lipinski definition) is 4. The van der Waals surface area contributed by atoms with E-state index in [4.69, 9.17) is 14.2 Å². The van der Waals surface area contributed by atoms with Crippen molar-refractivity contribution in [2.24, 2.45) is 0 Å². The molecule has 1 saturated heterocycles. The maximum absolute atomic E-state index is 12.1. The average molecular weight is 308 g/mol. The first-order chi connectivity index (χ1) is 10.6. The highest BCUT2D eigenvalue weighted by atomic mass is 16.5. The van der Waals surface area contributed by atoms with E-state index in [2.05, 4.69) is 5.32 Å². The topological polar surface area (TPSA) is 60.0 Å². The summed E-state index contributed by atoms with van der Waals surface area (Å²) in [5, 5.41) is 2.76. The minimum atomic E-state index is -0.143. The van der Waals surface area contributed by atoms with Crippen LogP contribution in [0.3, 0.4) is 0 Å². The summed E-state index contributed by atoms with van der Waals surface area (Å²) in [6.07, 6.45) is 0.100. The van der Waals surface area contributed by atoms with Crippen molar-refractivity contribution in [2.45, 2.75) is 33.0 Å². The van der Waals surface area contributed by atoms with E-state index in [9.17, 15) is 4.79 Å². The number of para-hydroxylation sites is 2. The third-order valence-corrected chi connectivity index (χ3v) is 3.31. The first-order valence-corrected chi connectivity index (χ1v) is 7.63. The van der Waals surface area contributed by atoms with Crippen molar-refractivity contribution in [2.75, 3.05) is 26.4 Å². The lowest BCUT2D eigenvalue weighted by Gasteiger charge is -2.35. The highest BCUT2D eigenvalue weighted by molar-refractivity contribution is 5.74. The summed E-state index contributed by atoms with van der Waals surface area (Å²) in [5.74, 6) is 1.29. The lowest BCUT2D eigenvalue weighted by Crippen LogP contribution is -2.52. The average Bonchev–Trinajstić information content (AvgIpc) is 2.48. The van der Waals surface area contributed by atoms with Gasteiger partial charge in [-0.05, 0) is 32.9 Å². The Bertz CT molecular complexity index is 485. The smallest absolute Gasteiger partial charge is 0.320 e. The fraction of sp³-hybridized carbons (Fsp3) is 0.562. The van der Waals surface area contributed by atoms with Crippen molar-refractivity contribution in [3.05, 3.63) is 24.3 Å². The van der Waals surface area contributed by atoms with Crippen molar-refractivity contribution in [3.63, 3.8) is 0 Å². The molecule has 22 heavy (non-hydrogen) atoms. The third kappa shape index (κ3) is 4.53. The van der Waals surface area contributed by atoms with Crippen LogP contribution in [0.4, 0.5) is 4.79 Å². The van der Waals surface area contributed by atoms with Crippen LogP contribution < -0.4 is 14.8 Å². The van der Waals surface area contributed by atoms with Crippen LogP contribution in [0.5, 0.6) is 11.5 Å². The predicted octanol–water partition coefficient (Wildman–Crippen LogP) is 2.24. The molecule has 2 amide bonds. The van der Waals surface area contributed by atoms with Crippen molar-refractivity contribution in [1.82, 2.24) is 10.2 Å². The standard InChI is InChI=1S/C16H24N2O4/c1-4-20-14-7-5-6-8-15(14)21-11-17-16(19)18-9-12(2)22-13(3)10-18/h5-8,12-13H,4,9-11H2,1-3H3,(H,17,19). The van der Waals surface area contributed by atoms with Crippen LogP contribution in [0.15, 0.2) is 24.3 Å². The number of carbonyl (C=O) groups excluding carboxylic acids is 1. The number of morpholine rings is 1. The third-order valence-electron chi connectivity index (χ3n) is 3.31. The van der Waals surface area contributed by atoms with E-state index in [0.717, 1.165) is 0 Å². The van der Waals surface area contributed by atoms with Gasteiger partial charge in [-0.1, -0.05) is 12.1 Å². The van der Waals surface area contributed by atoms with Crippen LogP contribution in [-0.4, -0.2) is 49.6 Å². The molecule has 0 aliphatic carbocycles. The van der Waals surface area contributed by atoms with Gasteiger partial charge >= 0.3 is 6.03 Å². The molecule has 0 radical (unpaired) electrons. The summed E-state index contributed by atoms with van der Waals surface area (Å²) >= 11 is 0. The van der Waals surface area contributed by atoms with Gasteiger partial charge in [0.15, 0.2) is 18.2 Å². The number of hydrogen-bond donors (Lipinski definition) is 1. The summed E-state index contributed by atoms with van der Waals surface area (Å²) in [4.78, 5) is 13.9. The Balaban J connectivity index is 1.82. The van der Waals surface area contributed by atoms with Gasteiger partial charge in [0, 0.05) is 13.1 Å². The van der Waals surface area contributed by atoms with E-state index in [1.807, 2.05) is 45.0 Å². The molecule has 2 rings (SSSR count). The van der Waals surface area contributed by atoms with Crippen molar-refractivity contribution < 1.29 is 19.0 Å². The number of nitrogens with one attached hydrogen (secondary N) is 1. The molecule has 1 heterocycles. The molecule has 0 bridgehead atoms. The number of carbonyl (C=O) groups is 1. The molecule has 1 aliphatic rings. The summed E-state index contributed by atoms with van der Waals surface area (Å²) in [5.41, 5.74) is 0. The Kier molecular flexibility index (Phi) is 5.89. The zero-order valence-electron chi connectivity index (χ0n) is 13.4. The molecule has 1 aromatic carbocycles. The molecule has 1 aliphatic heterocycles. The minimum Gasteiger partial charge on any atom is -0.490 e. The Morgan fingerprint density at radius 2 is 1.82 bits per heavy atom. The van der Waals surface area contributed by atoms with Crippen molar-refractivity contribution in [1.29, 1.82) is 0 Å². The zero-order valence-corrected chi connectivity index (χ0v) is 13.4. The number of ether oxygens (including phenoxy) is 3. The van der Waals surface area contributed by atoms with Gasteiger partial charge in [-0.2, -0.15) is 0 Å². The van der Waals surface area contributed by atoms with Crippen LogP contribution in [0.1, 0.15) is 20.8 Å². The van der Waals surface area contributed by atoms with Gasteiger partial charge in [0.2, 0.25) is 0 Å². The molecule has 0 spiro atoms. The molecular formula is C16H24N2O4. The fourth-order valence-corrected chi connectivity index (χ4v) is 2.48. The number of rotatable bonds is 5. The summed E-state index contributed by atoms with van der Waals surface area (Å²) in [6, 6.07) is 7.26.